The van der Waals surface area contributed by atoms with E-state index in [9.17, 15) is 22.9 Å². The van der Waals surface area contributed by atoms with Crippen molar-refractivity contribution in [2.75, 3.05) is 0 Å². The maximum Gasteiger partial charge on any atom is 0.347 e. The maximum atomic E-state index is 11.9. The van der Waals surface area contributed by atoms with Crippen molar-refractivity contribution >= 4 is 38.7 Å². The van der Waals surface area contributed by atoms with E-state index in [1.54, 1.807) is 12.1 Å². The second kappa shape index (κ2) is 6.00. The molecule has 0 aliphatic heterocycles. The van der Waals surface area contributed by atoms with Crippen molar-refractivity contribution < 1.29 is 27.6 Å². The smallest absolute Gasteiger partial charge is 0.347 e. The molecule has 2 rings (SSSR count). The fourth-order valence-electron chi connectivity index (χ4n) is 1.52. The molecule has 0 aliphatic rings. The summed E-state index contributed by atoms with van der Waals surface area (Å²) in [4.78, 5) is 11.5. The summed E-state index contributed by atoms with van der Waals surface area (Å²) >= 11 is 1.87. The molecule has 0 heterocycles. The van der Waals surface area contributed by atoms with Crippen LogP contribution in [0.4, 0.5) is 0 Å². The molecule has 6 nitrogen and oxygen atoms in total. The van der Waals surface area contributed by atoms with E-state index in [0.29, 0.717) is 3.57 Å². The fourth-order valence-corrected chi connectivity index (χ4v) is 2.48. The van der Waals surface area contributed by atoms with E-state index in [0.717, 1.165) is 12.1 Å². The molecular weight excluding hydrogens is 411 g/mol. The largest absolute Gasteiger partial charge is 0.744 e. The second-order valence-corrected chi connectivity index (χ2v) is 6.49. The van der Waals surface area contributed by atoms with Gasteiger partial charge in [-0.05, 0) is 59.0 Å². The molecule has 0 aromatic heterocycles. The number of benzene rings is 2. The Kier molecular flexibility index (Phi) is 4.49. The van der Waals surface area contributed by atoms with E-state index in [1.165, 1.54) is 18.2 Å². The highest BCUT2D eigenvalue weighted by Crippen LogP contribution is 2.25. The van der Waals surface area contributed by atoms with Crippen LogP contribution in [0.2, 0.25) is 0 Å². The lowest BCUT2D eigenvalue weighted by molar-refractivity contribution is 0.0731. The van der Waals surface area contributed by atoms with Crippen LogP contribution in [0.1, 0.15) is 10.4 Å². The molecule has 2 aromatic carbocycles. The topological polar surface area (TPSA) is 104 Å². The molecule has 0 amide bonds. The molecular formula is C13H8IO6S-. The Morgan fingerprint density at radius 3 is 2.33 bits per heavy atom. The molecule has 110 valence electrons. The average molecular weight is 419 g/mol. The van der Waals surface area contributed by atoms with E-state index < -0.39 is 21.0 Å². The number of esters is 1. The van der Waals surface area contributed by atoms with Gasteiger partial charge in [-0.3, -0.25) is 0 Å². The number of carbonyl (C=O) groups excluding carboxylic acids is 1. The van der Waals surface area contributed by atoms with Gasteiger partial charge in [0.25, 0.3) is 0 Å². The summed E-state index contributed by atoms with van der Waals surface area (Å²) in [5.41, 5.74) is -0.0116. The van der Waals surface area contributed by atoms with Gasteiger partial charge in [0.1, 0.15) is 27.2 Å². The average Bonchev–Trinajstić information content (AvgIpc) is 2.41. The van der Waals surface area contributed by atoms with Crippen molar-refractivity contribution in [1.82, 2.24) is 0 Å². The number of phenolic OH excluding ortho intramolecular Hbond substituents is 1. The van der Waals surface area contributed by atoms with Gasteiger partial charge in [0.05, 0.1) is 8.47 Å². The zero-order valence-electron chi connectivity index (χ0n) is 10.3. The Labute approximate surface area is 134 Å². The number of phenols is 1. The number of hydrogen-bond acceptors (Lipinski definition) is 6. The van der Waals surface area contributed by atoms with Crippen molar-refractivity contribution in [2.45, 2.75) is 4.90 Å². The van der Waals surface area contributed by atoms with Crippen molar-refractivity contribution in [3.63, 3.8) is 0 Å². The molecule has 0 spiro atoms. The molecule has 0 radical (unpaired) electrons. The third kappa shape index (κ3) is 3.71. The minimum Gasteiger partial charge on any atom is -0.744 e. The second-order valence-electron chi connectivity index (χ2n) is 3.95. The van der Waals surface area contributed by atoms with Crippen LogP contribution in [0.3, 0.4) is 0 Å². The Morgan fingerprint density at radius 1 is 1.14 bits per heavy atom. The summed E-state index contributed by atoms with van der Waals surface area (Å²) < 4.78 is 37.8. The van der Waals surface area contributed by atoms with Gasteiger partial charge in [-0.25, -0.2) is 13.2 Å². The maximum absolute atomic E-state index is 11.9. The van der Waals surface area contributed by atoms with Gasteiger partial charge in [0, 0.05) is 0 Å². The van der Waals surface area contributed by atoms with Gasteiger partial charge in [0.15, 0.2) is 0 Å². The van der Waals surface area contributed by atoms with Crippen LogP contribution < -0.4 is 4.74 Å². The highest BCUT2D eigenvalue weighted by Gasteiger charge is 2.15. The summed E-state index contributed by atoms with van der Waals surface area (Å²) in [7, 11) is -4.54. The van der Waals surface area contributed by atoms with Crippen molar-refractivity contribution in [1.29, 1.82) is 0 Å². The van der Waals surface area contributed by atoms with Crippen molar-refractivity contribution in [2.24, 2.45) is 0 Å². The SMILES string of the molecule is O=C(Oc1ccc(S(=O)(=O)[O-])cc1)c1cccc(I)c1O. The monoisotopic (exact) mass is 419 g/mol. The number of aromatic hydroxyl groups is 1. The van der Waals surface area contributed by atoms with Crippen LogP contribution in [0, 0.1) is 3.57 Å². The first kappa shape index (κ1) is 15.7. The Morgan fingerprint density at radius 2 is 1.76 bits per heavy atom. The summed E-state index contributed by atoms with van der Waals surface area (Å²) in [5, 5.41) is 9.77. The number of ether oxygens (including phenoxy) is 1. The fraction of sp³-hybridized carbons (Fsp3) is 0. The van der Waals surface area contributed by atoms with Gasteiger partial charge in [-0.1, -0.05) is 6.07 Å². The molecule has 0 unspecified atom stereocenters. The Balaban J connectivity index is 2.22. The predicted octanol–water partition coefficient (Wildman–Crippen LogP) is 2.12. The van der Waals surface area contributed by atoms with E-state index in [4.69, 9.17) is 4.74 Å². The number of carbonyl (C=O) groups is 1. The number of hydrogen-bond donors (Lipinski definition) is 1. The van der Waals surface area contributed by atoms with E-state index >= 15 is 0 Å². The lowest BCUT2D eigenvalue weighted by Crippen LogP contribution is -2.09. The number of halogens is 1. The van der Waals surface area contributed by atoms with E-state index in [1.807, 2.05) is 22.6 Å². The van der Waals surface area contributed by atoms with Crippen LogP contribution in [0.15, 0.2) is 47.4 Å². The summed E-state index contributed by atoms with van der Waals surface area (Å²) in [5.74, 6) is -0.920. The first-order valence-electron chi connectivity index (χ1n) is 5.54. The third-order valence-electron chi connectivity index (χ3n) is 2.53. The highest BCUT2D eigenvalue weighted by molar-refractivity contribution is 14.1. The first-order chi connectivity index (χ1) is 9.79. The van der Waals surface area contributed by atoms with Crippen LogP contribution in [-0.4, -0.2) is 24.0 Å². The zero-order chi connectivity index (χ0) is 15.6. The predicted molar refractivity (Wildman–Crippen MR) is 80.2 cm³/mol. The van der Waals surface area contributed by atoms with Gasteiger partial charge < -0.3 is 14.4 Å². The zero-order valence-corrected chi connectivity index (χ0v) is 13.3. The van der Waals surface area contributed by atoms with Gasteiger partial charge >= 0.3 is 5.97 Å². The molecule has 0 saturated carbocycles. The van der Waals surface area contributed by atoms with Crippen LogP contribution in [-0.2, 0) is 10.1 Å². The van der Waals surface area contributed by atoms with E-state index in [-0.39, 0.29) is 17.1 Å². The molecule has 21 heavy (non-hydrogen) atoms. The molecule has 8 heteroatoms. The first-order valence-corrected chi connectivity index (χ1v) is 8.03. The molecule has 0 fully saturated rings. The van der Waals surface area contributed by atoms with Crippen LogP contribution in [0.25, 0.3) is 0 Å². The minimum atomic E-state index is -4.54. The Hall–Kier alpha value is -1.65. The number of rotatable bonds is 3. The normalized spacial score (nSPS) is 11.1. The van der Waals surface area contributed by atoms with Crippen LogP contribution in [0.5, 0.6) is 11.5 Å². The van der Waals surface area contributed by atoms with Crippen molar-refractivity contribution in [3.05, 3.63) is 51.6 Å². The third-order valence-corrected chi connectivity index (χ3v) is 4.25. The lowest BCUT2D eigenvalue weighted by atomic mass is 10.2. The summed E-state index contributed by atoms with van der Waals surface area (Å²) in [6.45, 7) is 0. The highest BCUT2D eigenvalue weighted by atomic mass is 127. The molecule has 1 N–H and O–H groups in total. The van der Waals surface area contributed by atoms with Gasteiger partial charge in [-0.15, -0.1) is 0 Å². The van der Waals surface area contributed by atoms with Crippen LogP contribution >= 0.6 is 22.6 Å². The molecule has 0 saturated heterocycles. The van der Waals surface area contributed by atoms with E-state index in [2.05, 4.69) is 0 Å². The lowest BCUT2D eigenvalue weighted by Gasteiger charge is -2.09. The quantitative estimate of drug-likeness (QED) is 0.354. The molecule has 0 atom stereocenters. The van der Waals surface area contributed by atoms with Crippen molar-refractivity contribution in [3.8, 4) is 11.5 Å². The number of para-hydroxylation sites is 1. The van der Waals surface area contributed by atoms with Gasteiger partial charge in [0.2, 0.25) is 0 Å². The molecule has 0 aliphatic carbocycles. The minimum absolute atomic E-state index is 0.0116. The summed E-state index contributed by atoms with van der Waals surface area (Å²) in [6.07, 6.45) is 0. The summed E-state index contributed by atoms with van der Waals surface area (Å²) in [6, 6.07) is 9.07. The molecule has 2 aromatic rings. The van der Waals surface area contributed by atoms with Gasteiger partial charge in [-0.2, -0.15) is 0 Å². The Bertz CT molecular complexity index is 783. The molecule has 0 bridgehead atoms. The standard InChI is InChI=1S/C13H9IO6S/c14-11-3-1-2-10(12(11)15)13(16)20-8-4-6-9(7-5-8)21(17,18)19/h1-7,15H,(H,17,18,19)/p-1.